The number of sulfonamides is 1. The molecule has 1 amide bonds. The minimum Gasteiger partial charge on any atom is -0.492 e. The van der Waals surface area contributed by atoms with Crippen molar-refractivity contribution in [2.45, 2.75) is 51.5 Å². The Labute approximate surface area is 138 Å². The second-order valence-electron chi connectivity index (χ2n) is 5.26. The molecule has 0 radical (unpaired) electrons. The second-order valence-corrected chi connectivity index (χ2v) is 6.99. The molecule has 0 fully saturated rings. The van der Waals surface area contributed by atoms with Crippen LogP contribution in [0.1, 0.15) is 50.9 Å². The van der Waals surface area contributed by atoms with E-state index >= 15 is 0 Å². The Bertz CT molecular complexity index is 629. The summed E-state index contributed by atoms with van der Waals surface area (Å²) in [6.07, 6.45) is 1.83. The van der Waals surface area contributed by atoms with Crippen molar-refractivity contribution in [3.8, 4) is 5.75 Å². The smallest absolute Gasteiger partial charge is 0.251 e. The van der Waals surface area contributed by atoms with Crippen LogP contribution < -0.4 is 14.8 Å². The number of benzene rings is 1. The quantitative estimate of drug-likeness (QED) is 0.721. The van der Waals surface area contributed by atoms with Crippen LogP contribution in [-0.2, 0) is 10.0 Å². The zero-order chi connectivity index (χ0) is 17.5. The van der Waals surface area contributed by atoms with Crippen LogP contribution in [0.15, 0.2) is 23.1 Å². The lowest BCUT2D eigenvalue weighted by Crippen LogP contribution is -2.32. The van der Waals surface area contributed by atoms with Crippen LogP contribution in [0.4, 0.5) is 0 Å². The standard InChI is InChI=1S/C16H26N2O4S/c1-5-8-12(4)18-16(19)13-9-10-14(22-7-3)15(11-13)23(20,21)17-6-2/h9-12,17H,5-8H2,1-4H3,(H,18,19)/t12-/m1/s1. The molecule has 23 heavy (non-hydrogen) atoms. The van der Waals surface area contributed by atoms with E-state index in [4.69, 9.17) is 4.74 Å². The van der Waals surface area contributed by atoms with Gasteiger partial charge in [0.25, 0.3) is 5.91 Å². The molecule has 2 N–H and O–H groups in total. The zero-order valence-electron chi connectivity index (χ0n) is 14.2. The number of amides is 1. The lowest BCUT2D eigenvalue weighted by atomic mass is 10.1. The molecule has 1 aromatic rings. The van der Waals surface area contributed by atoms with E-state index in [1.807, 2.05) is 13.8 Å². The third-order valence-corrected chi connectivity index (χ3v) is 4.80. The predicted octanol–water partition coefficient (Wildman–Crippen LogP) is 2.30. The molecule has 1 rings (SSSR count). The Hall–Kier alpha value is -1.60. The van der Waals surface area contributed by atoms with Crippen molar-refractivity contribution in [1.82, 2.24) is 10.0 Å². The van der Waals surface area contributed by atoms with Crippen molar-refractivity contribution < 1.29 is 17.9 Å². The Morgan fingerprint density at radius 1 is 1.26 bits per heavy atom. The fourth-order valence-corrected chi connectivity index (χ4v) is 3.42. The largest absolute Gasteiger partial charge is 0.492 e. The fraction of sp³-hybridized carbons (Fsp3) is 0.562. The third kappa shape index (κ3) is 5.51. The van der Waals surface area contributed by atoms with Crippen molar-refractivity contribution in [3.63, 3.8) is 0 Å². The summed E-state index contributed by atoms with van der Waals surface area (Å²) in [5.74, 6) is -0.0476. The zero-order valence-corrected chi connectivity index (χ0v) is 15.0. The summed E-state index contributed by atoms with van der Waals surface area (Å²) in [6.45, 7) is 8.04. The van der Waals surface area contributed by atoms with Crippen LogP contribution in [0.5, 0.6) is 5.75 Å². The number of rotatable bonds is 9. The second kappa shape index (κ2) is 8.88. The van der Waals surface area contributed by atoms with Crippen molar-refractivity contribution in [3.05, 3.63) is 23.8 Å². The van der Waals surface area contributed by atoms with Crippen LogP contribution >= 0.6 is 0 Å². The molecule has 0 bridgehead atoms. The molecule has 0 aromatic heterocycles. The number of carbonyl (C=O) groups is 1. The summed E-state index contributed by atoms with van der Waals surface area (Å²) in [4.78, 5) is 12.3. The van der Waals surface area contributed by atoms with Gasteiger partial charge in [0.2, 0.25) is 10.0 Å². The van der Waals surface area contributed by atoms with Gasteiger partial charge in [-0.1, -0.05) is 20.3 Å². The van der Waals surface area contributed by atoms with Gasteiger partial charge in [0.05, 0.1) is 6.61 Å². The molecular weight excluding hydrogens is 316 g/mol. The molecule has 130 valence electrons. The first-order valence-electron chi connectivity index (χ1n) is 7.93. The lowest BCUT2D eigenvalue weighted by molar-refractivity contribution is 0.0938. The van der Waals surface area contributed by atoms with Crippen molar-refractivity contribution in [2.24, 2.45) is 0 Å². The molecule has 0 spiro atoms. The third-order valence-electron chi connectivity index (χ3n) is 3.23. The van der Waals surface area contributed by atoms with Gasteiger partial charge in [-0.3, -0.25) is 4.79 Å². The van der Waals surface area contributed by atoms with Gasteiger partial charge in [-0.25, -0.2) is 13.1 Å². The molecule has 0 saturated carbocycles. The van der Waals surface area contributed by atoms with Gasteiger partial charge in [0, 0.05) is 18.2 Å². The Balaban J connectivity index is 3.15. The number of ether oxygens (including phenoxy) is 1. The number of carbonyl (C=O) groups excluding carboxylic acids is 1. The number of hydrogen-bond acceptors (Lipinski definition) is 4. The van der Waals surface area contributed by atoms with E-state index in [-0.39, 0.29) is 29.1 Å². The molecule has 0 aliphatic carbocycles. The lowest BCUT2D eigenvalue weighted by Gasteiger charge is -2.15. The normalized spacial score (nSPS) is 12.7. The van der Waals surface area contributed by atoms with E-state index in [0.29, 0.717) is 12.2 Å². The maximum Gasteiger partial charge on any atom is 0.251 e. The predicted molar refractivity (Wildman–Crippen MR) is 90.3 cm³/mol. The first kappa shape index (κ1) is 19.4. The van der Waals surface area contributed by atoms with Gasteiger partial charge < -0.3 is 10.1 Å². The molecule has 0 heterocycles. The average Bonchev–Trinajstić information content (AvgIpc) is 2.47. The van der Waals surface area contributed by atoms with E-state index in [0.717, 1.165) is 12.8 Å². The van der Waals surface area contributed by atoms with Gasteiger partial charge in [-0.2, -0.15) is 0 Å². The number of nitrogens with one attached hydrogen (secondary N) is 2. The van der Waals surface area contributed by atoms with Gasteiger partial charge in [0.1, 0.15) is 10.6 Å². The van der Waals surface area contributed by atoms with Gasteiger partial charge in [-0.05, 0) is 38.5 Å². The molecule has 0 saturated heterocycles. The summed E-state index contributed by atoms with van der Waals surface area (Å²) in [5, 5.41) is 2.86. The summed E-state index contributed by atoms with van der Waals surface area (Å²) in [5.41, 5.74) is 0.299. The summed E-state index contributed by atoms with van der Waals surface area (Å²) < 4.78 is 32.4. The van der Waals surface area contributed by atoms with Gasteiger partial charge in [0.15, 0.2) is 0 Å². The molecule has 0 aliphatic rings. The highest BCUT2D eigenvalue weighted by molar-refractivity contribution is 7.89. The van der Waals surface area contributed by atoms with Gasteiger partial charge in [-0.15, -0.1) is 0 Å². The highest BCUT2D eigenvalue weighted by Gasteiger charge is 2.21. The highest BCUT2D eigenvalue weighted by atomic mass is 32.2. The topological polar surface area (TPSA) is 84.5 Å². The van der Waals surface area contributed by atoms with Crippen LogP contribution in [0, 0.1) is 0 Å². The van der Waals surface area contributed by atoms with Gasteiger partial charge >= 0.3 is 0 Å². The maximum absolute atomic E-state index is 12.3. The Morgan fingerprint density at radius 3 is 2.52 bits per heavy atom. The average molecular weight is 342 g/mol. The van der Waals surface area contributed by atoms with E-state index in [2.05, 4.69) is 10.0 Å². The van der Waals surface area contributed by atoms with Crippen molar-refractivity contribution in [2.75, 3.05) is 13.2 Å². The summed E-state index contributed by atoms with van der Waals surface area (Å²) in [6, 6.07) is 4.49. The SMILES string of the molecule is CCC[C@@H](C)NC(=O)c1ccc(OCC)c(S(=O)(=O)NCC)c1. The highest BCUT2D eigenvalue weighted by Crippen LogP contribution is 2.25. The van der Waals surface area contributed by atoms with E-state index in [1.54, 1.807) is 19.9 Å². The number of hydrogen-bond donors (Lipinski definition) is 2. The molecule has 1 aromatic carbocycles. The minimum absolute atomic E-state index is 0.0167. The first-order valence-corrected chi connectivity index (χ1v) is 9.41. The molecule has 0 aliphatic heterocycles. The van der Waals surface area contributed by atoms with E-state index in [1.165, 1.54) is 12.1 Å². The molecule has 0 unspecified atom stereocenters. The van der Waals surface area contributed by atoms with Crippen LogP contribution in [0.3, 0.4) is 0 Å². The Kier molecular flexibility index (Phi) is 7.51. The molecule has 6 nitrogen and oxygen atoms in total. The van der Waals surface area contributed by atoms with Crippen LogP contribution in [-0.4, -0.2) is 33.5 Å². The summed E-state index contributed by atoms with van der Waals surface area (Å²) >= 11 is 0. The maximum atomic E-state index is 12.3. The van der Waals surface area contributed by atoms with Crippen molar-refractivity contribution >= 4 is 15.9 Å². The van der Waals surface area contributed by atoms with E-state index < -0.39 is 10.0 Å². The van der Waals surface area contributed by atoms with E-state index in [9.17, 15) is 13.2 Å². The fourth-order valence-electron chi connectivity index (χ4n) is 2.21. The Morgan fingerprint density at radius 2 is 1.96 bits per heavy atom. The monoisotopic (exact) mass is 342 g/mol. The minimum atomic E-state index is -3.71. The van der Waals surface area contributed by atoms with Crippen LogP contribution in [0.25, 0.3) is 0 Å². The molecule has 7 heteroatoms. The molecular formula is C16H26N2O4S. The summed E-state index contributed by atoms with van der Waals surface area (Å²) in [7, 11) is -3.71. The molecule has 1 atom stereocenters. The van der Waals surface area contributed by atoms with Crippen molar-refractivity contribution in [1.29, 1.82) is 0 Å². The van der Waals surface area contributed by atoms with Crippen LogP contribution in [0.2, 0.25) is 0 Å². The first-order chi connectivity index (χ1) is 10.9.